The Kier molecular flexibility index (Phi) is 5.81. The molecule has 0 saturated carbocycles. The van der Waals surface area contributed by atoms with Crippen molar-refractivity contribution in [3.63, 3.8) is 0 Å². The Morgan fingerprint density at radius 2 is 1.67 bits per heavy atom. The van der Waals surface area contributed by atoms with Crippen molar-refractivity contribution in [2.75, 3.05) is 13.1 Å². The molecule has 1 aromatic rings. The maximum atomic E-state index is 14.5. The summed E-state index contributed by atoms with van der Waals surface area (Å²) in [6, 6.07) is 5.69. The third kappa shape index (κ3) is 3.93. The number of nitrogens with zero attached hydrogens (tertiary/aromatic N) is 1. The second-order valence-corrected chi connectivity index (χ2v) is 9.19. The molecular weight excluding hydrogens is 500 g/mol. The zero-order chi connectivity index (χ0) is 24.4. The van der Waals surface area contributed by atoms with Crippen molar-refractivity contribution >= 4 is 28.9 Å². The van der Waals surface area contributed by atoms with Crippen LogP contribution >= 0.6 is 23.2 Å². The third-order valence-corrected chi connectivity index (χ3v) is 7.17. The fourth-order valence-electron chi connectivity index (χ4n) is 4.36. The van der Waals surface area contributed by atoms with E-state index >= 15 is 0 Å². The number of rotatable bonds is 3. The van der Waals surface area contributed by atoms with Gasteiger partial charge in [-0.25, -0.2) is 4.39 Å². The van der Waals surface area contributed by atoms with E-state index in [1.54, 1.807) is 0 Å². The van der Waals surface area contributed by atoms with E-state index in [0.29, 0.717) is 5.56 Å². The first-order valence-corrected chi connectivity index (χ1v) is 10.6. The van der Waals surface area contributed by atoms with Crippen LogP contribution in [0.25, 0.3) is 0 Å². The van der Waals surface area contributed by atoms with Crippen molar-refractivity contribution in [3.8, 4) is 0 Å². The summed E-state index contributed by atoms with van der Waals surface area (Å²) in [7, 11) is 0. The van der Waals surface area contributed by atoms with E-state index in [1.807, 2.05) is 0 Å². The van der Waals surface area contributed by atoms with Gasteiger partial charge in [-0.1, -0.05) is 59.5 Å². The number of hydrogen-bond acceptors (Lipinski definition) is 3. The molecule has 1 N–H and O–H groups in total. The molecule has 180 valence electrons. The predicted molar refractivity (Wildman–Crippen MR) is 109 cm³/mol. The zero-order valence-corrected chi connectivity index (χ0v) is 18.4. The molecule has 0 spiro atoms. The van der Waals surface area contributed by atoms with E-state index in [4.69, 9.17) is 28.0 Å². The molecule has 12 heteroatoms. The summed E-state index contributed by atoms with van der Waals surface area (Å²) in [4.78, 5) is 4.88. The highest BCUT2D eigenvalue weighted by Crippen LogP contribution is 2.55. The van der Waals surface area contributed by atoms with Gasteiger partial charge in [-0.15, -0.1) is 0 Å². The van der Waals surface area contributed by atoms with Crippen LogP contribution in [0.2, 0.25) is 0 Å². The van der Waals surface area contributed by atoms with Crippen LogP contribution in [0.4, 0.5) is 30.7 Å². The number of alkyl halides is 7. The van der Waals surface area contributed by atoms with Gasteiger partial charge < -0.3 is 10.2 Å². The Hall–Kier alpha value is -1.78. The van der Waals surface area contributed by atoms with Gasteiger partial charge in [-0.3, -0.25) is 0 Å². The average Bonchev–Trinajstić information content (AvgIpc) is 3.15. The van der Waals surface area contributed by atoms with Crippen LogP contribution in [0.15, 0.2) is 51.1 Å². The van der Waals surface area contributed by atoms with E-state index in [-0.39, 0.29) is 24.4 Å². The molecule has 1 aliphatic carbocycles. The first-order chi connectivity index (χ1) is 15.2. The number of nitrogens with one attached hydrogen (secondary N) is 1. The Morgan fingerprint density at radius 3 is 2.15 bits per heavy atom. The minimum Gasteiger partial charge on any atom is -0.374 e. The lowest BCUT2D eigenvalue weighted by molar-refractivity contribution is -0.258. The molecule has 2 heterocycles. The lowest BCUT2D eigenvalue weighted by Crippen LogP contribution is -2.53. The smallest absolute Gasteiger partial charge is 0.374 e. The molecule has 0 bridgehead atoms. The fourth-order valence-corrected chi connectivity index (χ4v) is 4.97. The molecule has 1 fully saturated rings. The van der Waals surface area contributed by atoms with E-state index < -0.39 is 57.5 Å². The highest BCUT2D eigenvalue weighted by molar-refractivity contribution is 6.40. The maximum Gasteiger partial charge on any atom is 0.435 e. The molecule has 4 rings (SSSR count). The monoisotopic (exact) mass is 516 g/mol. The van der Waals surface area contributed by atoms with Gasteiger partial charge in [0.2, 0.25) is 0 Å². The summed E-state index contributed by atoms with van der Waals surface area (Å²) in [5, 5.41) is 4.95. The van der Waals surface area contributed by atoms with Crippen molar-refractivity contribution in [2.24, 2.45) is 17.0 Å². The Morgan fingerprint density at radius 1 is 1.06 bits per heavy atom. The van der Waals surface area contributed by atoms with Gasteiger partial charge in [0.15, 0.2) is 5.67 Å². The summed E-state index contributed by atoms with van der Waals surface area (Å²) in [5.74, 6) is -4.13. The van der Waals surface area contributed by atoms with Crippen molar-refractivity contribution < 1.29 is 35.6 Å². The van der Waals surface area contributed by atoms with Crippen molar-refractivity contribution in [2.45, 2.75) is 37.0 Å². The second kappa shape index (κ2) is 7.88. The first kappa shape index (κ1) is 24.3. The summed E-state index contributed by atoms with van der Waals surface area (Å²) in [5.41, 5.74) is -4.97. The molecule has 2 aliphatic heterocycles. The van der Waals surface area contributed by atoms with E-state index in [1.165, 1.54) is 24.3 Å². The van der Waals surface area contributed by atoms with Gasteiger partial charge in [0.1, 0.15) is 0 Å². The molecule has 3 unspecified atom stereocenters. The summed E-state index contributed by atoms with van der Waals surface area (Å²) >= 11 is 11.6. The van der Waals surface area contributed by atoms with Crippen LogP contribution in [0, 0.1) is 11.8 Å². The number of benzene rings is 1. The van der Waals surface area contributed by atoms with Gasteiger partial charge in [-0.2, -0.15) is 26.3 Å². The van der Waals surface area contributed by atoms with Crippen LogP contribution in [0.5, 0.6) is 0 Å². The Bertz CT molecular complexity index is 1040. The van der Waals surface area contributed by atoms with Gasteiger partial charge in [0.05, 0.1) is 16.7 Å². The van der Waals surface area contributed by atoms with Gasteiger partial charge in [-0.05, 0) is 28.7 Å². The van der Waals surface area contributed by atoms with Crippen LogP contribution < -0.4 is 5.32 Å². The first-order valence-electron chi connectivity index (χ1n) is 9.86. The highest BCUT2D eigenvalue weighted by atomic mass is 35.5. The minimum absolute atomic E-state index is 0.122. The third-order valence-electron chi connectivity index (χ3n) is 6.32. The number of hydrogen-bond donors (Lipinski definition) is 1. The van der Waals surface area contributed by atoms with E-state index in [9.17, 15) is 30.7 Å². The molecule has 1 saturated heterocycles. The largest absolute Gasteiger partial charge is 0.435 e. The zero-order valence-electron chi connectivity index (χ0n) is 16.9. The molecule has 1 aromatic carbocycles. The van der Waals surface area contributed by atoms with E-state index in [2.05, 4.69) is 10.5 Å². The molecule has 3 nitrogen and oxygen atoms in total. The highest BCUT2D eigenvalue weighted by Gasteiger charge is 2.66. The predicted octanol–water partition coefficient (Wildman–Crippen LogP) is 6.32. The summed E-state index contributed by atoms with van der Waals surface area (Å²) < 4.78 is 98.3. The topological polar surface area (TPSA) is 33.6 Å². The molecule has 33 heavy (non-hydrogen) atoms. The minimum atomic E-state index is -5.12. The van der Waals surface area contributed by atoms with Crippen LogP contribution in [0.1, 0.15) is 24.5 Å². The molecule has 3 atom stereocenters. The lowest BCUT2D eigenvalue weighted by atomic mass is 9.72. The second-order valence-electron chi connectivity index (χ2n) is 8.38. The van der Waals surface area contributed by atoms with Crippen LogP contribution in [-0.2, 0) is 10.5 Å². The van der Waals surface area contributed by atoms with Crippen LogP contribution in [0.3, 0.4) is 0 Å². The molecule has 0 radical (unpaired) electrons. The lowest BCUT2D eigenvalue weighted by Gasteiger charge is -2.39. The molecule has 3 aliphatic rings. The van der Waals surface area contributed by atoms with Crippen LogP contribution in [-0.4, -0.2) is 36.8 Å². The quantitative estimate of drug-likeness (QED) is 0.476. The van der Waals surface area contributed by atoms with E-state index in [0.717, 1.165) is 13.0 Å². The van der Waals surface area contributed by atoms with Crippen molar-refractivity contribution in [1.82, 2.24) is 5.32 Å². The van der Waals surface area contributed by atoms with Gasteiger partial charge in [0, 0.05) is 24.5 Å². The molecular formula is C21H17Cl2F7N2O. The molecule has 0 aromatic heterocycles. The normalized spacial score (nSPS) is 29.9. The average molecular weight is 517 g/mol. The number of halogens is 9. The Labute approximate surface area is 194 Å². The summed E-state index contributed by atoms with van der Waals surface area (Å²) in [6.07, 6.45) is -10.1. The van der Waals surface area contributed by atoms with Gasteiger partial charge in [0.25, 0.3) is 5.60 Å². The fraction of sp³-hybridized carbons (Fsp3) is 0.476. The molecule has 0 amide bonds. The SMILES string of the molecule is CC1C(C2(C(F)(F)F)CC(c3ccc(C4(F)CNC4)cc3)=NO2)=CC(Cl)=C(Cl)C1C(F)(F)F. The number of oxime groups is 1. The Balaban J connectivity index is 1.69. The number of allylic oxidation sites excluding steroid dienone is 3. The summed E-state index contributed by atoms with van der Waals surface area (Å²) in [6.45, 7) is 1.24. The van der Waals surface area contributed by atoms with Crippen molar-refractivity contribution in [1.29, 1.82) is 0 Å². The van der Waals surface area contributed by atoms with Crippen molar-refractivity contribution in [3.05, 3.63) is 57.1 Å². The van der Waals surface area contributed by atoms with Gasteiger partial charge >= 0.3 is 12.4 Å². The maximum absolute atomic E-state index is 14.5. The standard InChI is InChI=1S/C21H17Cl2F7N2O/c1-10-13(6-14(22)17(23)16(10)20(25,26)27)19(21(28,29)30)7-15(32-33-19)11-2-4-12(5-3-11)18(24)8-31-9-18/h2-6,10,16,31H,7-9H2,1H3.